The van der Waals surface area contributed by atoms with Crippen LogP contribution in [-0.4, -0.2) is 4.23 Å². The van der Waals surface area contributed by atoms with Crippen LogP contribution in [0.15, 0.2) is 0 Å². The summed E-state index contributed by atoms with van der Waals surface area (Å²) in [6.45, 7) is 2.17. The Morgan fingerprint density at radius 3 is 2.50 bits per heavy atom. The Balaban J connectivity index is 3.03. The summed E-state index contributed by atoms with van der Waals surface area (Å²) in [5.74, 6) is 0. The van der Waals surface area contributed by atoms with E-state index in [1.807, 2.05) is 0 Å². The molecule has 0 saturated heterocycles. The molecule has 0 rings (SSSR count). The molecule has 49 valence electrons. The van der Waals surface area contributed by atoms with E-state index in [9.17, 15) is 0 Å². The average Bonchev–Trinajstić information content (AvgIpc) is 1.66. The van der Waals surface area contributed by atoms with Crippen molar-refractivity contribution in [1.29, 1.82) is 0 Å². The summed E-state index contributed by atoms with van der Waals surface area (Å²) >= 11 is -1.84. The zero-order valence-corrected chi connectivity index (χ0v) is 8.51. The van der Waals surface area contributed by atoms with Gasteiger partial charge in [-0.1, -0.05) is 0 Å². The molecule has 0 fully saturated rings. The fourth-order valence-electron chi connectivity index (χ4n) is 0.444. The quantitative estimate of drug-likeness (QED) is 0.734. The summed E-state index contributed by atoms with van der Waals surface area (Å²) < 4.78 is 13.1. The molecule has 0 saturated carbocycles. The zero-order valence-electron chi connectivity index (χ0n) is 5.30. The van der Waals surface area contributed by atoms with E-state index in [1.165, 1.54) is 12.8 Å². The third-order valence-corrected chi connectivity index (χ3v) is 3.34. The zero-order chi connectivity index (χ0) is 6.41. The summed E-state index contributed by atoms with van der Waals surface area (Å²) in [7, 11) is 0. The van der Waals surface area contributed by atoms with E-state index in [0.717, 1.165) is 6.42 Å². The number of unbranched alkanes of at least 4 members (excludes halogenated alkanes) is 2. The Kier molecular flexibility index (Phi) is 6.04. The molecule has 4 N–H and O–H groups in total. The molecule has 0 aromatic carbocycles. The Hall–Kier alpha value is 0.530. The van der Waals surface area contributed by atoms with Crippen LogP contribution in [0.3, 0.4) is 0 Å². The molecule has 0 aromatic rings. The molecule has 0 bridgehead atoms. The first-order valence-electron chi connectivity index (χ1n) is 2.89. The van der Waals surface area contributed by atoms with E-state index in [1.54, 1.807) is 0 Å². The third-order valence-electron chi connectivity index (χ3n) is 0.898. The van der Waals surface area contributed by atoms with E-state index < -0.39 is 18.5 Å². The van der Waals surface area contributed by atoms with Gasteiger partial charge in [0.1, 0.15) is 0 Å². The van der Waals surface area contributed by atoms with Crippen LogP contribution in [0.25, 0.3) is 0 Å². The van der Waals surface area contributed by atoms with Gasteiger partial charge in [-0.15, -0.1) is 0 Å². The van der Waals surface area contributed by atoms with Crippen molar-refractivity contribution < 1.29 is 18.5 Å². The first-order valence-corrected chi connectivity index (χ1v) is 8.46. The maximum atomic E-state index is 5.46. The van der Waals surface area contributed by atoms with Gasteiger partial charge in [0.05, 0.1) is 0 Å². The molecular weight excluding hydrogens is 269 g/mol. The molecular formula is C5H14N2Ta. The summed E-state index contributed by atoms with van der Waals surface area (Å²) in [6.07, 6.45) is 3.63. The molecule has 0 atom stereocenters. The monoisotopic (exact) mass is 283 g/mol. The number of hydrogen-bond acceptors (Lipinski definition) is 2. The molecule has 0 aliphatic rings. The van der Waals surface area contributed by atoms with Gasteiger partial charge >= 0.3 is 57.2 Å². The standard InChI is InChI=1S/C5H10.2H2N.Ta/c1-3-5-4-2;;;/h1H,3-5H2,2H3;2*1H2;/q;2*-1;+2. The number of rotatable bonds is 3. The third kappa shape index (κ3) is 6.53. The molecule has 0 aromatic heterocycles. The topological polar surface area (TPSA) is 52.0 Å². The van der Waals surface area contributed by atoms with Gasteiger partial charge in [-0.2, -0.15) is 0 Å². The molecule has 0 aliphatic carbocycles. The van der Waals surface area contributed by atoms with Crippen LogP contribution in [0.5, 0.6) is 0 Å². The number of hydrogen-bond donors (Lipinski definition) is 2. The first-order chi connectivity index (χ1) is 3.77. The predicted octanol–water partition coefficient (Wildman–Crippen LogP) is 0.344. The average molecular weight is 283 g/mol. The van der Waals surface area contributed by atoms with Gasteiger partial charge in [0.2, 0.25) is 0 Å². The normalized spacial score (nSPS) is 8.88. The van der Waals surface area contributed by atoms with Crippen LogP contribution < -0.4 is 8.27 Å². The second-order valence-corrected chi connectivity index (χ2v) is 6.30. The summed E-state index contributed by atoms with van der Waals surface area (Å²) in [4.78, 5) is 0. The van der Waals surface area contributed by atoms with Gasteiger partial charge in [0.25, 0.3) is 0 Å². The van der Waals surface area contributed by atoms with Crippen molar-refractivity contribution >= 4 is 4.23 Å². The molecule has 0 unspecified atom stereocenters. The van der Waals surface area contributed by atoms with Crippen LogP contribution in [0.4, 0.5) is 0 Å². The fourth-order valence-corrected chi connectivity index (χ4v) is 2.17. The molecule has 0 radical (unpaired) electrons. The van der Waals surface area contributed by atoms with Gasteiger partial charge in [-0.3, -0.25) is 0 Å². The predicted molar refractivity (Wildman–Crippen MR) is 34.0 cm³/mol. The summed E-state index contributed by atoms with van der Waals surface area (Å²) in [5.41, 5.74) is 0. The Morgan fingerprint density at radius 1 is 1.50 bits per heavy atom. The van der Waals surface area contributed by atoms with Crippen LogP contribution in [0.1, 0.15) is 26.2 Å². The van der Waals surface area contributed by atoms with Gasteiger partial charge in [-0.25, -0.2) is 0 Å². The van der Waals surface area contributed by atoms with E-state index in [4.69, 9.17) is 8.27 Å². The van der Waals surface area contributed by atoms with Crippen molar-refractivity contribution in [2.75, 3.05) is 0 Å². The van der Waals surface area contributed by atoms with Crippen LogP contribution in [0.2, 0.25) is 0 Å². The Bertz CT molecular complexity index is 76.5. The van der Waals surface area contributed by atoms with Gasteiger partial charge in [0.15, 0.2) is 0 Å². The van der Waals surface area contributed by atoms with Crippen molar-refractivity contribution in [2.45, 2.75) is 26.2 Å². The van der Waals surface area contributed by atoms with Gasteiger partial charge in [-0.05, 0) is 0 Å². The van der Waals surface area contributed by atoms with E-state index >= 15 is 0 Å². The van der Waals surface area contributed by atoms with E-state index in [0.29, 0.717) is 0 Å². The van der Waals surface area contributed by atoms with Gasteiger partial charge < -0.3 is 0 Å². The maximum absolute atomic E-state index is 5.46. The van der Waals surface area contributed by atoms with Gasteiger partial charge in [0, 0.05) is 0 Å². The molecule has 0 amide bonds. The molecule has 0 spiro atoms. The molecule has 3 heteroatoms. The van der Waals surface area contributed by atoms with E-state index in [-0.39, 0.29) is 0 Å². The summed E-state index contributed by atoms with van der Waals surface area (Å²) in [5, 5.41) is 0. The minimum atomic E-state index is -1.84. The first kappa shape index (κ1) is 8.53. The van der Waals surface area contributed by atoms with Crippen molar-refractivity contribution in [3.05, 3.63) is 0 Å². The Labute approximate surface area is 57.5 Å². The summed E-state index contributed by atoms with van der Waals surface area (Å²) in [6, 6.07) is 0. The molecule has 8 heavy (non-hydrogen) atoms. The van der Waals surface area contributed by atoms with Crippen molar-refractivity contribution in [1.82, 2.24) is 0 Å². The minimum absolute atomic E-state index is 1.14. The van der Waals surface area contributed by atoms with Crippen LogP contribution >= 0.6 is 0 Å². The molecule has 0 aliphatic heterocycles. The van der Waals surface area contributed by atoms with Crippen molar-refractivity contribution in [2.24, 2.45) is 8.27 Å². The molecule has 2 nitrogen and oxygen atoms in total. The Morgan fingerprint density at radius 2 is 2.12 bits per heavy atom. The van der Waals surface area contributed by atoms with Crippen molar-refractivity contribution in [3.63, 3.8) is 0 Å². The fraction of sp³-hybridized carbons (Fsp3) is 0.800. The van der Waals surface area contributed by atoms with Crippen molar-refractivity contribution in [3.8, 4) is 0 Å². The second-order valence-electron chi connectivity index (χ2n) is 1.77. The SMILES string of the molecule is CCCC[CH]=[Ta]([NH2])[NH2]. The molecule has 0 heterocycles. The van der Waals surface area contributed by atoms with Crippen LogP contribution in [0, 0.1) is 0 Å². The van der Waals surface area contributed by atoms with Crippen LogP contribution in [-0.2, 0) is 18.5 Å². The second kappa shape index (κ2) is 5.66. The number of nitrogens with two attached hydrogens (primary N) is 2. The van der Waals surface area contributed by atoms with E-state index in [2.05, 4.69) is 11.1 Å².